The number of esters is 1. The Hall–Kier alpha value is -2.17. The quantitative estimate of drug-likeness (QED) is 0.627. The zero-order valence-corrected chi connectivity index (χ0v) is 8.44. The second kappa shape index (κ2) is 5.06. The van der Waals surface area contributed by atoms with Crippen molar-refractivity contribution in [3.8, 4) is 0 Å². The number of carboxylic acid groups (broad SMARTS) is 1. The van der Waals surface area contributed by atoms with Crippen LogP contribution < -0.4 is 0 Å². The zero-order valence-electron chi connectivity index (χ0n) is 8.44. The molecule has 5 heteroatoms. The van der Waals surface area contributed by atoms with Crippen LogP contribution in [0, 0.1) is 5.82 Å². The van der Waals surface area contributed by atoms with Crippen molar-refractivity contribution >= 4 is 18.0 Å². The van der Waals surface area contributed by atoms with Gasteiger partial charge in [-0.05, 0) is 29.8 Å². The van der Waals surface area contributed by atoms with Crippen LogP contribution in [0.25, 0.3) is 6.08 Å². The maximum atomic E-state index is 12.9. The Kier molecular flexibility index (Phi) is 3.77. The molecule has 0 radical (unpaired) electrons. The molecule has 1 aromatic rings. The average molecular weight is 224 g/mol. The molecule has 0 atom stereocenters. The van der Waals surface area contributed by atoms with Crippen LogP contribution in [0.5, 0.6) is 0 Å². The number of methoxy groups -OCH3 is 1. The van der Waals surface area contributed by atoms with Crippen molar-refractivity contribution in [2.75, 3.05) is 7.11 Å². The molecule has 1 aromatic carbocycles. The SMILES string of the molecule is COC(=O)/C=C/c1cc(F)ccc1C(=O)O. The molecule has 0 spiro atoms. The normalized spacial score (nSPS) is 10.4. The largest absolute Gasteiger partial charge is 0.478 e. The van der Waals surface area contributed by atoms with Crippen LogP contribution in [0.15, 0.2) is 24.3 Å². The highest BCUT2D eigenvalue weighted by Gasteiger charge is 2.08. The van der Waals surface area contributed by atoms with E-state index in [0.717, 1.165) is 24.3 Å². The van der Waals surface area contributed by atoms with Crippen molar-refractivity contribution < 1.29 is 23.8 Å². The molecule has 84 valence electrons. The molecule has 4 nitrogen and oxygen atoms in total. The number of hydrogen-bond donors (Lipinski definition) is 1. The van der Waals surface area contributed by atoms with E-state index in [9.17, 15) is 14.0 Å². The summed E-state index contributed by atoms with van der Waals surface area (Å²) in [5.74, 6) is -2.40. The van der Waals surface area contributed by atoms with Crippen molar-refractivity contribution in [2.24, 2.45) is 0 Å². The third-order valence-electron chi connectivity index (χ3n) is 1.84. The van der Waals surface area contributed by atoms with Gasteiger partial charge in [0, 0.05) is 6.08 Å². The molecule has 0 saturated heterocycles. The molecule has 1 N–H and O–H groups in total. The number of carbonyl (C=O) groups excluding carboxylic acids is 1. The zero-order chi connectivity index (χ0) is 12.1. The van der Waals surface area contributed by atoms with Crippen molar-refractivity contribution in [1.29, 1.82) is 0 Å². The Morgan fingerprint density at radius 2 is 2.12 bits per heavy atom. The summed E-state index contributed by atoms with van der Waals surface area (Å²) in [4.78, 5) is 21.6. The summed E-state index contributed by atoms with van der Waals surface area (Å²) in [5, 5.41) is 8.81. The van der Waals surface area contributed by atoms with Crippen molar-refractivity contribution in [2.45, 2.75) is 0 Å². The first kappa shape index (κ1) is 11.9. The third-order valence-corrected chi connectivity index (χ3v) is 1.84. The highest BCUT2D eigenvalue weighted by Crippen LogP contribution is 2.13. The van der Waals surface area contributed by atoms with Crippen LogP contribution in [0.4, 0.5) is 4.39 Å². The lowest BCUT2D eigenvalue weighted by atomic mass is 10.1. The summed E-state index contributed by atoms with van der Waals surface area (Å²) in [6.45, 7) is 0. The first-order valence-corrected chi connectivity index (χ1v) is 4.33. The van der Waals surface area contributed by atoms with Gasteiger partial charge in [-0.1, -0.05) is 0 Å². The Morgan fingerprint density at radius 1 is 1.44 bits per heavy atom. The lowest BCUT2D eigenvalue weighted by Gasteiger charge is -2.00. The van der Waals surface area contributed by atoms with Crippen LogP contribution in [-0.2, 0) is 9.53 Å². The van der Waals surface area contributed by atoms with E-state index in [1.54, 1.807) is 0 Å². The molecule has 0 amide bonds. The van der Waals surface area contributed by atoms with E-state index >= 15 is 0 Å². The summed E-state index contributed by atoms with van der Waals surface area (Å²) in [7, 11) is 1.19. The van der Waals surface area contributed by atoms with E-state index in [1.165, 1.54) is 13.2 Å². The van der Waals surface area contributed by atoms with Gasteiger partial charge in [-0.3, -0.25) is 0 Å². The van der Waals surface area contributed by atoms with Gasteiger partial charge in [0.15, 0.2) is 0 Å². The summed E-state index contributed by atoms with van der Waals surface area (Å²) in [6.07, 6.45) is 2.22. The maximum absolute atomic E-state index is 12.9. The minimum Gasteiger partial charge on any atom is -0.478 e. The van der Waals surface area contributed by atoms with Gasteiger partial charge in [0.2, 0.25) is 0 Å². The van der Waals surface area contributed by atoms with Gasteiger partial charge >= 0.3 is 11.9 Å². The second-order valence-electron chi connectivity index (χ2n) is 2.89. The molecule has 0 aliphatic rings. The fourth-order valence-electron chi connectivity index (χ4n) is 1.09. The fraction of sp³-hybridized carbons (Fsp3) is 0.0909. The molecule has 0 aliphatic heterocycles. The average Bonchev–Trinajstić information content (AvgIpc) is 2.25. The second-order valence-corrected chi connectivity index (χ2v) is 2.89. The van der Waals surface area contributed by atoms with Crippen LogP contribution in [0.2, 0.25) is 0 Å². The molecule has 0 aliphatic carbocycles. The van der Waals surface area contributed by atoms with Crippen molar-refractivity contribution in [1.82, 2.24) is 0 Å². The molecule has 0 heterocycles. The number of carbonyl (C=O) groups is 2. The first-order chi connectivity index (χ1) is 7.54. The van der Waals surface area contributed by atoms with Crippen molar-refractivity contribution in [3.63, 3.8) is 0 Å². The minimum atomic E-state index is -1.19. The lowest BCUT2D eigenvalue weighted by Crippen LogP contribution is -2.00. The van der Waals surface area contributed by atoms with Crippen LogP contribution >= 0.6 is 0 Å². The number of carboxylic acids is 1. The van der Waals surface area contributed by atoms with E-state index in [2.05, 4.69) is 4.74 Å². The summed E-state index contributed by atoms with van der Waals surface area (Å²) in [6, 6.07) is 3.20. The van der Waals surface area contributed by atoms with Gasteiger partial charge in [-0.15, -0.1) is 0 Å². The maximum Gasteiger partial charge on any atom is 0.336 e. The van der Waals surface area contributed by atoms with E-state index < -0.39 is 17.8 Å². The Morgan fingerprint density at radius 3 is 2.69 bits per heavy atom. The van der Waals surface area contributed by atoms with Gasteiger partial charge < -0.3 is 9.84 Å². The summed E-state index contributed by atoms with van der Waals surface area (Å²) in [5.41, 5.74) is 0.0273. The van der Waals surface area contributed by atoms with Gasteiger partial charge in [-0.2, -0.15) is 0 Å². The minimum absolute atomic E-state index is 0.0819. The highest BCUT2D eigenvalue weighted by atomic mass is 19.1. The van der Waals surface area contributed by atoms with Gasteiger partial charge in [0.25, 0.3) is 0 Å². The molecular weight excluding hydrogens is 215 g/mol. The molecule has 0 aromatic heterocycles. The highest BCUT2D eigenvalue weighted by molar-refractivity contribution is 5.94. The molecule has 1 rings (SSSR count). The third kappa shape index (κ3) is 2.91. The number of ether oxygens (including phenoxy) is 1. The number of halogens is 1. The Bertz CT molecular complexity index is 451. The van der Waals surface area contributed by atoms with Gasteiger partial charge in [-0.25, -0.2) is 14.0 Å². The number of aromatic carboxylic acids is 1. The number of rotatable bonds is 3. The predicted octanol–water partition coefficient (Wildman–Crippen LogP) is 1.71. The smallest absolute Gasteiger partial charge is 0.336 e. The molecular formula is C11H9FO4. The molecule has 0 bridgehead atoms. The summed E-state index contributed by atoms with van der Waals surface area (Å²) >= 11 is 0. The van der Waals surface area contributed by atoms with E-state index in [1.807, 2.05) is 0 Å². The molecule has 0 fully saturated rings. The van der Waals surface area contributed by atoms with Gasteiger partial charge in [0.1, 0.15) is 5.82 Å². The first-order valence-electron chi connectivity index (χ1n) is 4.33. The Labute approximate surface area is 91.0 Å². The van der Waals surface area contributed by atoms with E-state index in [0.29, 0.717) is 0 Å². The molecule has 0 unspecified atom stereocenters. The van der Waals surface area contributed by atoms with Crippen LogP contribution in [0.3, 0.4) is 0 Å². The fourth-order valence-corrected chi connectivity index (χ4v) is 1.09. The van der Waals surface area contributed by atoms with E-state index in [-0.39, 0.29) is 11.1 Å². The number of benzene rings is 1. The monoisotopic (exact) mass is 224 g/mol. The van der Waals surface area contributed by atoms with Gasteiger partial charge in [0.05, 0.1) is 12.7 Å². The standard InChI is InChI=1S/C11H9FO4/c1-16-10(13)5-2-7-6-8(12)3-4-9(7)11(14)15/h2-6H,1H3,(H,14,15)/b5-2+. The van der Waals surface area contributed by atoms with Crippen molar-refractivity contribution in [3.05, 3.63) is 41.2 Å². The predicted molar refractivity (Wildman–Crippen MR) is 54.4 cm³/mol. The van der Waals surface area contributed by atoms with Crippen LogP contribution in [0.1, 0.15) is 15.9 Å². The number of hydrogen-bond acceptors (Lipinski definition) is 3. The summed E-state index contributed by atoms with van der Waals surface area (Å²) < 4.78 is 17.2. The molecule has 0 saturated carbocycles. The molecule has 16 heavy (non-hydrogen) atoms. The lowest BCUT2D eigenvalue weighted by molar-refractivity contribution is -0.134. The Balaban J connectivity index is 3.10. The van der Waals surface area contributed by atoms with E-state index in [4.69, 9.17) is 5.11 Å². The topological polar surface area (TPSA) is 63.6 Å². The van der Waals surface area contributed by atoms with Crippen LogP contribution in [-0.4, -0.2) is 24.2 Å².